The van der Waals surface area contributed by atoms with Gasteiger partial charge in [-0.05, 0) is 24.1 Å². The SMILES string of the molecule is CCCn1ccnc1CC(N)c1cccc(S(C)(=O)=O)c1. The molecule has 1 heterocycles. The van der Waals surface area contributed by atoms with Crippen LogP contribution in [0.25, 0.3) is 0 Å². The number of nitrogens with zero attached hydrogens (tertiary/aromatic N) is 2. The number of benzene rings is 1. The van der Waals surface area contributed by atoms with Gasteiger partial charge in [0.2, 0.25) is 0 Å². The molecular formula is C15H21N3O2S. The Kier molecular flexibility index (Phi) is 4.80. The molecule has 21 heavy (non-hydrogen) atoms. The Bertz CT molecular complexity index is 707. The highest BCUT2D eigenvalue weighted by Gasteiger charge is 2.14. The molecule has 5 nitrogen and oxygen atoms in total. The second-order valence-corrected chi connectivity index (χ2v) is 7.21. The van der Waals surface area contributed by atoms with Crippen molar-refractivity contribution in [1.29, 1.82) is 0 Å². The van der Waals surface area contributed by atoms with Gasteiger partial charge in [0.1, 0.15) is 5.82 Å². The van der Waals surface area contributed by atoms with E-state index in [1.54, 1.807) is 24.4 Å². The van der Waals surface area contributed by atoms with Crippen molar-refractivity contribution in [2.45, 2.75) is 37.2 Å². The molecule has 0 radical (unpaired) electrons. The lowest BCUT2D eigenvalue weighted by Gasteiger charge is -2.14. The Morgan fingerprint density at radius 3 is 2.81 bits per heavy atom. The lowest BCUT2D eigenvalue weighted by molar-refractivity contribution is 0.595. The molecule has 0 spiro atoms. The number of nitrogens with two attached hydrogens (primary N) is 1. The van der Waals surface area contributed by atoms with E-state index in [0.717, 1.165) is 24.4 Å². The number of rotatable bonds is 6. The molecule has 0 aliphatic rings. The van der Waals surface area contributed by atoms with Crippen molar-refractivity contribution in [2.75, 3.05) is 6.26 Å². The summed E-state index contributed by atoms with van der Waals surface area (Å²) < 4.78 is 25.3. The highest BCUT2D eigenvalue weighted by atomic mass is 32.2. The quantitative estimate of drug-likeness (QED) is 0.884. The first-order chi connectivity index (χ1) is 9.91. The van der Waals surface area contributed by atoms with E-state index in [2.05, 4.69) is 16.5 Å². The Morgan fingerprint density at radius 2 is 2.14 bits per heavy atom. The first kappa shape index (κ1) is 15.7. The number of hydrogen-bond donors (Lipinski definition) is 1. The van der Waals surface area contributed by atoms with Gasteiger partial charge in [0.05, 0.1) is 4.90 Å². The van der Waals surface area contributed by atoms with Crippen LogP contribution in [0.5, 0.6) is 0 Å². The highest BCUT2D eigenvalue weighted by molar-refractivity contribution is 7.90. The second kappa shape index (κ2) is 6.41. The monoisotopic (exact) mass is 307 g/mol. The van der Waals surface area contributed by atoms with Crippen molar-refractivity contribution in [3.63, 3.8) is 0 Å². The van der Waals surface area contributed by atoms with Crippen LogP contribution in [0.2, 0.25) is 0 Å². The summed E-state index contributed by atoms with van der Waals surface area (Å²) in [5, 5.41) is 0. The summed E-state index contributed by atoms with van der Waals surface area (Å²) in [6, 6.07) is 6.54. The van der Waals surface area contributed by atoms with Gasteiger partial charge in [0.25, 0.3) is 0 Å². The van der Waals surface area contributed by atoms with Gasteiger partial charge < -0.3 is 10.3 Å². The van der Waals surface area contributed by atoms with Crippen molar-refractivity contribution in [2.24, 2.45) is 5.73 Å². The van der Waals surface area contributed by atoms with E-state index in [1.165, 1.54) is 6.26 Å². The molecule has 0 saturated heterocycles. The van der Waals surface area contributed by atoms with Gasteiger partial charge in [-0.2, -0.15) is 0 Å². The van der Waals surface area contributed by atoms with Crippen LogP contribution in [0.15, 0.2) is 41.6 Å². The maximum Gasteiger partial charge on any atom is 0.175 e. The third kappa shape index (κ3) is 3.92. The van der Waals surface area contributed by atoms with Gasteiger partial charge in [-0.25, -0.2) is 13.4 Å². The molecule has 0 bridgehead atoms. The average molecular weight is 307 g/mol. The molecular weight excluding hydrogens is 286 g/mol. The van der Waals surface area contributed by atoms with Crippen LogP contribution in [0, 0.1) is 0 Å². The van der Waals surface area contributed by atoms with E-state index in [-0.39, 0.29) is 6.04 Å². The first-order valence-corrected chi connectivity index (χ1v) is 8.86. The topological polar surface area (TPSA) is 78.0 Å². The minimum atomic E-state index is -3.21. The van der Waals surface area contributed by atoms with E-state index < -0.39 is 9.84 Å². The largest absolute Gasteiger partial charge is 0.335 e. The third-order valence-corrected chi connectivity index (χ3v) is 4.49. The summed E-state index contributed by atoms with van der Waals surface area (Å²) in [7, 11) is -3.21. The molecule has 0 aliphatic carbocycles. The highest BCUT2D eigenvalue weighted by Crippen LogP contribution is 2.19. The van der Waals surface area contributed by atoms with E-state index in [4.69, 9.17) is 5.73 Å². The van der Waals surface area contributed by atoms with Crippen LogP contribution < -0.4 is 5.73 Å². The molecule has 2 rings (SSSR count). The Balaban J connectivity index is 2.20. The zero-order valence-corrected chi connectivity index (χ0v) is 13.2. The molecule has 2 N–H and O–H groups in total. The number of sulfone groups is 1. The van der Waals surface area contributed by atoms with E-state index in [1.807, 2.05) is 12.3 Å². The minimum absolute atomic E-state index is 0.273. The number of imidazole rings is 1. The van der Waals surface area contributed by atoms with Gasteiger partial charge in [0, 0.05) is 37.7 Å². The van der Waals surface area contributed by atoms with E-state index >= 15 is 0 Å². The predicted octanol–water partition coefficient (Wildman–Crippen LogP) is 1.94. The van der Waals surface area contributed by atoms with Gasteiger partial charge in [-0.3, -0.25) is 0 Å². The zero-order chi connectivity index (χ0) is 15.5. The maximum atomic E-state index is 11.6. The standard InChI is InChI=1S/C15H21N3O2S/c1-3-8-18-9-7-17-15(18)11-14(16)12-5-4-6-13(10-12)21(2,19)20/h4-7,9-10,14H,3,8,11,16H2,1-2H3. The number of hydrogen-bond acceptors (Lipinski definition) is 4. The summed E-state index contributed by atoms with van der Waals surface area (Å²) in [6.45, 7) is 3.02. The van der Waals surface area contributed by atoms with E-state index in [9.17, 15) is 8.42 Å². The van der Waals surface area contributed by atoms with Crippen LogP contribution in [-0.4, -0.2) is 24.2 Å². The zero-order valence-electron chi connectivity index (χ0n) is 12.4. The number of aromatic nitrogens is 2. The van der Waals surface area contributed by atoms with Crippen LogP contribution in [0.1, 0.15) is 30.8 Å². The van der Waals surface area contributed by atoms with Gasteiger partial charge in [-0.1, -0.05) is 19.1 Å². The number of aryl methyl sites for hydroxylation is 1. The first-order valence-electron chi connectivity index (χ1n) is 6.97. The second-order valence-electron chi connectivity index (χ2n) is 5.19. The molecule has 2 aromatic rings. The van der Waals surface area contributed by atoms with Gasteiger partial charge in [-0.15, -0.1) is 0 Å². The molecule has 6 heteroatoms. The minimum Gasteiger partial charge on any atom is -0.335 e. The molecule has 1 aromatic heterocycles. The Labute approximate surface area is 125 Å². The molecule has 1 unspecified atom stereocenters. The lowest BCUT2D eigenvalue weighted by atomic mass is 10.0. The fourth-order valence-electron chi connectivity index (χ4n) is 2.26. The van der Waals surface area contributed by atoms with E-state index in [0.29, 0.717) is 11.3 Å². The van der Waals surface area contributed by atoms with Crippen molar-refractivity contribution in [1.82, 2.24) is 9.55 Å². The third-order valence-electron chi connectivity index (χ3n) is 3.38. The summed E-state index contributed by atoms with van der Waals surface area (Å²) in [5.41, 5.74) is 7.02. The summed E-state index contributed by atoms with van der Waals surface area (Å²) in [6.07, 6.45) is 6.52. The fourth-order valence-corrected chi connectivity index (χ4v) is 2.94. The molecule has 0 amide bonds. The van der Waals surface area contributed by atoms with Crippen molar-refractivity contribution in [3.05, 3.63) is 48.0 Å². The summed E-state index contributed by atoms with van der Waals surface area (Å²) in [4.78, 5) is 4.63. The predicted molar refractivity (Wildman–Crippen MR) is 82.7 cm³/mol. The van der Waals surface area contributed by atoms with Crippen LogP contribution >= 0.6 is 0 Å². The molecule has 0 saturated carbocycles. The normalized spacial score (nSPS) is 13.3. The molecule has 1 aromatic carbocycles. The Morgan fingerprint density at radius 1 is 1.38 bits per heavy atom. The maximum absolute atomic E-state index is 11.6. The average Bonchev–Trinajstić information content (AvgIpc) is 2.86. The van der Waals surface area contributed by atoms with Gasteiger partial charge in [0.15, 0.2) is 9.84 Å². The molecule has 0 aliphatic heterocycles. The molecule has 1 atom stereocenters. The molecule has 114 valence electrons. The Hall–Kier alpha value is -1.66. The van der Waals surface area contributed by atoms with Crippen molar-refractivity contribution in [3.8, 4) is 0 Å². The fraction of sp³-hybridized carbons (Fsp3) is 0.400. The van der Waals surface area contributed by atoms with Gasteiger partial charge >= 0.3 is 0 Å². The van der Waals surface area contributed by atoms with Crippen molar-refractivity contribution >= 4 is 9.84 Å². The summed E-state index contributed by atoms with van der Waals surface area (Å²) >= 11 is 0. The van der Waals surface area contributed by atoms with Crippen LogP contribution in [0.3, 0.4) is 0 Å². The smallest absolute Gasteiger partial charge is 0.175 e. The van der Waals surface area contributed by atoms with Crippen molar-refractivity contribution < 1.29 is 8.42 Å². The van der Waals surface area contributed by atoms with Crippen LogP contribution in [0.4, 0.5) is 0 Å². The van der Waals surface area contributed by atoms with Crippen LogP contribution in [-0.2, 0) is 22.8 Å². The lowest BCUT2D eigenvalue weighted by Crippen LogP contribution is -2.17. The summed E-state index contributed by atoms with van der Waals surface area (Å²) in [5.74, 6) is 0.925. The molecule has 0 fully saturated rings.